The second-order valence-electron chi connectivity index (χ2n) is 5.39. The number of aromatic amines is 1. The number of H-pyrrole nitrogens is 1. The maximum atomic E-state index is 6.01. The van der Waals surface area contributed by atoms with Gasteiger partial charge in [0.05, 0.1) is 6.20 Å². The van der Waals surface area contributed by atoms with Crippen molar-refractivity contribution in [2.24, 2.45) is 11.1 Å². The molecule has 2 aromatic rings. The summed E-state index contributed by atoms with van der Waals surface area (Å²) in [5.41, 5.74) is 7.91. The third-order valence-electron chi connectivity index (χ3n) is 4.10. The molecular formula is C13H19N5. The Morgan fingerprint density at radius 1 is 1.28 bits per heavy atom. The van der Waals surface area contributed by atoms with E-state index in [0.29, 0.717) is 0 Å². The smallest absolute Gasteiger partial charge is 0.180 e. The third-order valence-corrected chi connectivity index (χ3v) is 4.10. The zero-order valence-corrected chi connectivity index (χ0v) is 10.5. The number of rotatable bonds is 3. The van der Waals surface area contributed by atoms with Gasteiger partial charge in [0.25, 0.3) is 0 Å². The first-order valence-corrected chi connectivity index (χ1v) is 6.66. The van der Waals surface area contributed by atoms with Crippen LogP contribution in [0.15, 0.2) is 12.5 Å². The molecule has 0 radical (unpaired) electrons. The van der Waals surface area contributed by atoms with Crippen LogP contribution in [0.4, 0.5) is 0 Å². The highest BCUT2D eigenvalue weighted by molar-refractivity contribution is 5.68. The summed E-state index contributed by atoms with van der Waals surface area (Å²) in [6.07, 6.45) is 10.6. The van der Waals surface area contributed by atoms with Crippen LogP contribution in [0.25, 0.3) is 11.2 Å². The van der Waals surface area contributed by atoms with Crippen LogP contribution in [0.3, 0.4) is 0 Å². The van der Waals surface area contributed by atoms with Crippen LogP contribution >= 0.6 is 0 Å². The van der Waals surface area contributed by atoms with Crippen LogP contribution in [0.5, 0.6) is 0 Å². The minimum Gasteiger partial charge on any atom is -0.339 e. The number of fused-ring (bicyclic) bond motifs is 1. The molecule has 5 heteroatoms. The van der Waals surface area contributed by atoms with Crippen molar-refractivity contribution in [3.63, 3.8) is 0 Å². The van der Waals surface area contributed by atoms with Gasteiger partial charge in [-0.25, -0.2) is 15.0 Å². The maximum Gasteiger partial charge on any atom is 0.180 e. The van der Waals surface area contributed by atoms with Gasteiger partial charge >= 0.3 is 0 Å². The molecule has 96 valence electrons. The summed E-state index contributed by atoms with van der Waals surface area (Å²) in [5, 5.41) is 0. The fourth-order valence-corrected chi connectivity index (χ4v) is 3.01. The second kappa shape index (κ2) is 4.65. The lowest BCUT2D eigenvalue weighted by Crippen LogP contribution is -2.35. The van der Waals surface area contributed by atoms with E-state index in [-0.39, 0.29) is 5.41 Å². The molecule has 1 fully saturated rings. The number of hydrogen-bond donors (Lipinski definition) is 2. The van der Waals surface area contributed by atoms with Crippen LogP contribution in [-0.2, 0) is 6.42 Å². The first-order valence-electron chi connectivity index (χ1n) is 6.66. The SMILES string of the molecule is NCC1(Cc2nc3ncncc3[nH]2)CCCCC1. The van der Waals surface area contributed by atoms with Crippen molar-refractivity contribution in [1.29, 1.82) is 0 Å². The molecule has 1 aliphatic carbocycles. The molecule has 5 nitrogen and oxygen atoms in total. The predicted octanol–water partition coefficient (Wildman–Crippen LogP) is 1.80. The van der Waals surface area contributed by atoms with E-state index in [4.69, 9.17) is 5.73 Å². The van der Waals surface area contributed by atoms with E-state index in [2.05, 4.69) is 19.9 Å². The Labute approximate surface area is 106 Å². The van der Waals surface area contributed by atoms with E-state index in [9.17, 15) is 0 Å². The zero-order chi connectivity index (χ0) is 12.4. The van der Waals surface area contributed by atoms with Crippen molar-refractivity contribution in [1.82, 2.24) is 19.9 Å². The lowest BCUT2D eigenvalue weighted by atomic mass is 9.72. The van der Waals surface area contributed by atoms with Crippen LogP contribution in [0.1, 0.15) is 37.9 Å². The normalized spacial score (nSPS) is 19.2. The molecule has 0 atom stereocenters. The molecule has 18 heavy (non-hydrogen) atoms. The molecule has 3 rings (SSSR count). The van der Waals surface area contributed by atoms with Crippen LogP contribution < -0.4 is 5.73 Å². The Balaban J connectivity index is 1.85. The Morgan fingerprint density at radius 3 is 2.83 bits per heavy atom. The van der Waals surface area contributed by atoms with Crippen LogP contribution in [-0.4, -0.2) is 26.5 Å². The summed E-state index contributed by atoms with van der Waals surface area (Å²) >= 11 is 0. The monoisotopic (exact) mass is 245 g/mol. The molecule has 0 amide bonds. The van der Waals surface area contributed by atoms with Gasteiger partial charge in [0, 0.05) is 6.42 Å². The van der Waals surface area contributed by atoms with Crippen molar-refractivity contribution < 1.29 is 0 Å². The van der Waals surface area contributed by atoms with Crippen molar-refractivity contribution in [2.75, 3.05) is 6.54 Å². The van der Waals surface area contributed by atoms with Crippen LogP contribution in [0, 0.1) is 5.41 Å². The number of imidazole rings is 1. The quantitative estimate of drug-likeness (QED) is 0.864. The molecular weight excluding hydrogens is 226 g/mol. The van der Waals surface area contributed by atoms with E-state index < -0.39 is 0 Å². The molecule has 0 bridgehead atoms. The van der Waals surface area contributed by atoms with Gasteiger partial charge in [-0.15, -0.1) is 0 Å². The highest BCUT2D eigenvalue weighted by atomic mass is 15.0. The molecule has 2 heterocycles. The molecule has 2 aromatic heterocycles. The van der Waals surface area contributed by atoms with Crippen molar-refractivity contribution in [3.8, 4) is 0 Å². The Morgan fingerprint density at radius 2 is 2.11 bits per heavy atom. The third kappa shape index (κ3) is 2.10. The molecule has 0 aromatic carbocycles. The van der Waals surface area contributed by atoms with Gasteiger partial charge in [-0.1, -0.05) is 19.3 Å². The summed E-state index contributed by atoms with van der Waals surface area (Å²) in [6, 6.07) is 0. The first-order chi connectivity index (χ1) is 8.81. The average molecular weight is 245 g/mol. The van der Waals surface area contributed by atoms with Gasteiger partial charge < -0.3 is 10.7 Å². The highest BCUT2D eigenvalue weighted by Gasteiger charge is 2.31. The predicted molar refractivity (Wildman–Crippen MR) is 70.0 cm³/mol. The molecule has 0 aliphatic heterocycles. The topological polar surface area (TPSA) is 80.5 Å². The van der Waals surface area contributed by atoms with Crippen LogP contribution in [0.2, 0.25) is 0 Å². The van der Waals surface area contributed by atoms with Crippen molar-refractivity contribution >= 4 is 11.2 Å². The molecule has 3 N–H and O–H groups in total. The molecule has 0 spiro atoms. The largest absolute Gasteiger partial charge is 0.339 e. The zero-order valence-electron chi connectivity index (χ0n) is 10.5. The highest BCUT2D eigenvalue weighted by Crippen LogP contribution is 2.37. The number of nitrogens with one attached hydrogen (secondary N) is 1. The Bertz CT molecular complexity index is 494. The van der Waals surface area contributed by atoms with Gasteiger partial charge in [-0.05, 0) is 24.8 Å². The minimum atomic E-state index is 0.236. The van der Waals surface area contributed by atoms with Gasteiger partial charge in [-0.2, -0.15) is 0 Å². The van der Waals surface area contributed by atoms with Gasteiger partial charge in [0.2, 0.25) is 0 Å². The standard InChI is InChI=1S/C13H19N5/c14-8-13(4-2-1-3-5-13)6-11-17-10-7-15-9-16-12(10)18-11/h7,9H,1-6,8,14H2,(H,15,16,17,18). The van der Waals surface area contributed by atoms with Gasteiger partial charge in [0.15, 0.2) is 5.65 Å². The van der Waals surface area contributed by atoms with E-state index in [1.807, 2.05) is 0 Å². The summed E-state index contributed by atoms with van der Waals surface area (Å²) in [6.45, 7) is 0.746. The summed E-state index contributed by atoms with van der Waals surface area (Å²) in [5.74, 6) is 0.998. The number of aromatic nitrogens is 4. The average Bonchev–Trinajstić information content (AvgIpc) is 2.81. The number of nitrogens with two attached hydrogens (primary N) is 1. The summed E-state index contributed by atoms with van der Waals surface area (Å²) in [7, 11) is 0. The lowest BCUT2D eigenvalue weighted by molar-refractivity contribution is 0.194. The molecule has 0 unspecified atom stereocenters. The number of nitrogens with zero attached hydrogens (tertiary/aromatic N) is 3. The fraction of sp³-hybridized carbons (Fsp3) is 0.615. The Hall–Kier alpha value is -1.49. The molecule has 1 aliphatic rings. The Kier molecular flexibility index (Phi) is 2.99. The van der Waals surface area contributed by atoms with Gasteiger partial charge in [-0.3, -0.25) is 0 Å². The summed E-state index contributed by atoms with van der Waals surface area (Å²) in [4.78, 5) is 16.0. The van der Waals surface area contributed by atoms with E-state index in [1.165, 1.54) is 38.4 Å². The minimum absolute atomic E-state index is 0.236. The fourth-order valence-electron chi connectivity index (χ4n) is 3.01. The molecule has 1 saturated carbocycles. The van der Waals surface area contributed by atoms with Gasteiger partial charge in [0.1, 0.15) is 17.7 Å². The molecule has 0 saturated heterocycles. The lowest BCUT2D eigenvalue weighted by Gasteiger charge is -2.35. The second-order valence-corrected chi connectivity index (χ2v) is 5.39. The first kappa shape index (κ1) is 11.6. The van der Waals surface area contributed by atoms with Crippen molar-refractivity contribution in [3.05, 3.63) is 18.3 Å². The van der Waals surface area contributed by atoms with Crippen molar-refractivity contribution in [2.45, 2.75) is 38.5 Å². The van der Waals surface area contributed by atoms with E-state index in [1.54, 1.807) is 6.20 Å². The van der Waals surface area contributed by atoms with E-state index in [0.717, 1.165) is 30.0 Å². The maximum absolute atomic E-state index is 6.01. The summed E-state index contributed by atoms with van der Waals surface area (Å²) < 4.78 is 0. The van der Waals surface area contributed by atoms with E-state index >= 15 is 0 Å². The number of hydrogen-bond acceptors (Lipinski definition) is 4.